The highest BCUT2D eigenvalue weighted by Crippen LogP contribution is 2.16. The summed E-state index contributed by atoms with van der Waals surface area (Å²) in [5.41, 5.74) is 0.616. The third-order valence-corrected chi connectivity index (χ3v) is 3.62. The quantitative estimate of drug-likeness (QED) is 0.426. The van der Waals surface area contributed by atoms with Crippen LogP contribution in [0, 0.1) is 12.3 Å². The number of benzene rings is 1. The summed E-state index contributed by atoms with van der Waals surface area (Å²) in [5.74, 6) is 0.848. The zero-order valence-corrected chi connectivity index (χ0v) is 13.8. The number of aldehydes is 2. The van der Waals surface area contributed by atoms with Crippen molar-refractivity contribution in [3.8, 4) is 12.3 Å². The fourth-order valence-electron chi connectivity index (χ4n) is 2.40. The van der Waals surface area contributed by atoms with E-state index in [0.717, 1.165) is 0 Å². The van der Waals surface area contributed by atoms with E-state index in [4.69, 9.17) is 11.2 Å². The number of hydrogen-bond donors (Lipinski definition) is 2. The summed E-state index contributed by atoms with van der Waals surface area (Å²) in [6.45, 7) is 0. The van der Waals surface area contributed by atoms with Crippen LogP contribution in [-0.2, 0) is 16.0 Å². The molecule has 2 rings (SSSR count). The van der Waals surface area contributed by atoms with E-state index in [0.29, 0.717) is 18.3 Å². The highest BCUT2D eigenvalue weighted by Gasteiger charge is 2.26. The SMILES string of the molecule is C#Cc1cc(C=O)c(C(=O)N[C@H](Cc2cnc[nH]2)C(=O)OC)c(C=O)c1. The van der Waals surface area contributed by atoms with Crippen molar-refractivity contribution in [2.75, 3.05) is 7.11 Å². The second-order valence-corrected chi connectivity index (χ2v) is 5.24. The number of H-pyrrole nitrogens is 1. The third-order valence-electron chi connectivity index (χ3n) is 3.62. The smallest absolute Gasteiger partial charge is 0.328 e. The van der Waals surface area contributed by atoms with Gasteiger partial charge in [-0.2, -0.15) is 0 Å². The van der Waals surface area contributed by atoms with E-state index in [1.807, 2.05) is 0 Å². The van der Waals surface area contributed by atoms with Crippen molar-refractivity contribution < 1.29 is 23.9 Å². The number of ether oxygens (including phenoxy) is 1. The van der Waals surface area contributed by atoms with Gasteiger partial charge in [-0.25, -0.2) is 9.78 Å². The summed E-state index contributed by atoms with van der Waals surface area (Å²) >= 11 is 0. The molecule has 1 heterocycles. The molecule has 1 aromatic heterocycles. The highest BCUT2D eigenvalue weighted by molar-refractivity contribution is 6.08. The number of rotatable bonds is 7. The van der Waals surface area contributed by atoms with Gasteiger partial charge in [0.1, 0.15) is 6.04 Å². The molecule has 0 aliphatic rings. The molecule has 0 saturated carbocycles. The Morgan fingerprint density at radius 2 is 2.00 bits per heavy atom. The second kappa shape index (κ2) is 8.39. The molecular weight excluding hydrogens is 338 g/mol. The average molecular weight is 353 g/mol. The number of carbonyl (C=O) groups excluding carboxylic acids is 4. The summed E-state index contributed by atoms with van der Waals surface area (Å²) in [6, 6.07) is 1.59. The largest absolute Gasteiger partial charge is 0.467 e. The molecule has 1 amide bonds. The minimum absolute atomic E-state index is 0.0507. The molecule has 1 atom stereocenters. The summed E-state index contributed by atoms with van der Waals surface area (Å²) < 4.78 is 4.69. The zero-order chi connectivity index (χ0) is 19.1. The molecule has 1 aromatic carbocycles. The Kier molecular flexibility index (Phi) is 6.01. The Balaban J connectivity index is 2.37. The Morgan fingerprint density at radius 3 is 2.46 bits per heavy atom. The number of hydrogen-bond acceptors (Lipinski definition) is 6. The maximum atomic E-state index is 12.6. The maximum absolute atomic E-state index is 12.6. The lowest BCUT2D eigenvalue weighted by atomic mass is 9.97. The van der Waals surface area contributed by atoms with Gasteiger partial charge < -0.3 is 15.0 Å². The zero-order valence-electron chi connectivity index (χ0n) is 13.8. The summed E-state index contributed by atoms with van der Waals surface area (Å²) in [7, 11) is 1.18. The van der Waals surface area contributed by atoms with Gasteiger partial charge in [0.25, 0.3) is 5.91 Å². The molecule has 8 heteroatoms. The lowest BCUT2D eigenvalue weighted by molar-refractivity contribution is -0.142. The topological polar surface area (TPSA) is 118 Å². The van der Waals surface area contributed by atoms with Gasteiger partial charge in [-0.3, -0.25) is 14.4 Å². The molecule has 0 aliphatic heterocycles. The van der Waals surface area contributed by atoms with E-state index in [-0.39, 0.29) is 28.7 Å². The number of carbonyl (C=O) groups is 4. The van der Waals surface area contributed by atoms with Crippen LogP contribution in [-0.4, -0.2) is 47.6 Å². The minimum Gasteiger partial charge on any atom is -0.467 e. The molecule has 132 valence electrons. The minimum atomic E-state index is -1.04. The molecule has 8 nitrogen and oxygen atoms in total. The standard InChI is InChI=1S/C18H15N3O5/c1-3-11-4-12(8-22)16(13(5-11)9-23)17(24)21-15(18(25)26-2)6-14-7-19-10-20-14/h1,4-5,7-10,15H,6H2,2H3,(H,19,20)(H,21,24)/t15-/m1/s1. The summed E-state index contributed by atoms with van der Waals surface area (Å²) in [5, 5.41) is 2.48. The first-order valence-electron chi connectivity index (χ1n) is 7.45. The normalized spacial score (nSPS) is 11.1. The van der Waals surface area contributed by atoms with Crippen molar-refractivity contribution >= 4 is 24.4 Å². The molecule has 0 saturated heterocycles. The van der Waals surface area contributed by atoms with Crippen LogP contribution in [0.4, 0.5) is 0 Å². The van der Waals surface area contributed by atoms with Gasteiger partial charge in [-0.05, 0) is 12.1 Å². The first kappa shape index (κ1) is 18.6. The number of nitrogens with zero attached hydrogens (tertiary/aromatic N) is 1. The number of nitrogens with one attached hydrogen (secondary N) is 2. The molecular formula is C18H15N3O5. The van der Waals surface area contributed by atoms with Crippen LogP contribution in [0.1, 0.15) is 42.3 Å². The van der Waals surface area contributed by atoms with Crippen LogP contribution in [0.3, 0.4) is 0 Å². The van der Waals surface area contributed by atoms with E-state index in [2.05, 4.69) is 21.2 Å². The number of terminal acetylenes is 1. The second-order valence-electron chi connectivity index (χ2n) is 5.24. The Hall–Kier alpha value is -3.73. The predicted molar refractivity (Wildman–Crippen MR) is 90.7 cm³/mol. The van der Waals surface area contributed by atoms with E-state index in [9.17, 15) is 19.2 Å². The molecule has 0 radical (unpaired) electrons. The number of aromatic nitrogens is 2. The monoisotopic (exact) mass is 353 g/mol. The molecule has 0 fully saturated rings. The Morgan fingerprint density at radius 1 is 1.35 bits per heavy atom. The van der Waals surface area contributed by atoms with E-state index < -0.39 is 17.9 Å². The van der Waals surface area contributed by atoms with Crippen LogP contribution in [0.2, 0.25) is 0 Å². The first-order valence-corrected chi connectivity index (χ1v) is 7.45. The Bertz CT molecular complexity index is 852. The van der Waals surface area contributed by atoms with Crippen LogP contribution >= 0.6 is 0 Å². The van der Waals surface area contributed by atoms with Crippen molar-refractivity contribution in [2.45, 2.75) is 12.5 Å². The molecule has 0 unspecified atom stereocenters. The van der Waals surface area contributed by atoms with Crippen LogP contribution < -0.4 is 5.32 Å². The van der Waals surface area contributed by atoms with Gasteiger partial charge in [-0.1, -0.05) is 5.92 Å². The van der Waals surface area contributed by atoms with Gasteiger partial charge in [0.15, 0.2) is 12.6 Å². The molecule has 0 spiro atoms. The fourth-order valence-corrected chi connectivity index (χ4v) is 2.40. The third kappa shape index (κ3) is 4.02. The molecule has 2 N–H and O–H groups in total. The van der Waals surface area contributed by atoms with E-state index >= 15 is 0 Å². The highest BCUT2D eigenvalue weighted by atomic mass is 16.5. The fraction of sp³-hybridized carbons (Fsp3) is 0.167. The van der Waals surface area contributed by atoms with Crippen molar-refractivity contribution in [1.29, 1.82) is 0 Å². The van der Waals surface area contributed by atoms with Crippen molar-refractivity contribution in [3.63, 3.8) is 0 Å². The molecule has 26 heavy (non-hydrogen) atoms. The average Bonchev–Trinajstić information content (AvgIpc) is 3.18. The number of amides is 1. The van der Waals surface area contributed by atoms with Crippen LogP contribution in [0.15, 0.2) is 24.7 Å². The number of esters is 1. The molecule has 2 aromatic rings. The van der Waals surface area contributed by atoms with Gasteiger partial charge in [0, 0.05) is 35.0 Å². The first-order chi connectivity index (χ1) is 12.5. The van der Waals surface area contributed by atoms with Gasteiger partial charge in [-0.15, -0.1) is 6.42 Å². The van der Waals surface area contributed by atoms with Gasteiger partial charge in [0.2, 0.25) is 0 Å². The Labute approximate surface area is 149 Å². The number of methoxy groups -OCH3 is 1. The number of aromatic amines is 1. The van der Waals surface area contributed by atoms with Crippen molar-refractivity contribution in [2.24, 2.45) is 0 Å². The summed E-state index contributed by atoms with van der Waals surface area (Å²) in [4.78, 5) is 53.9. The maximum Gasteiger partial charge on any atom is 0.328 e. The van der Waals surface area contributed by atoms with Crippen molar-refractivity contribution in [3.05, 3.63) is 52.6 Å². The predicted octanol–water partition coefficient (Wildman–Crippen LogP) is 0.530. The summed E-state index contributed by atoms with van der Waals surface area (Å²) in [6.07, 6.45) is 9.15. The van der Waals surface area contributed by atoms with E-state index in [1.165, 1.54) is 31.8 Å². The van der Waals surface area contributed by atoms with Crippen LogP contribution in [0.25, 0.3) is 0 Å². The van der Waals surface area contributed by atoms with Gasteiger partial charge in [0.05, 0.1) is 19.0 Å². The van der Waals surface area contributed by atoms with Crippen molar-refractivity contribution in [1.82, 2.24) is 15.3 Å². The number of imidazole rings is 1. The molecule has 0 aliphatic carbocycles. The molecule has 0 bridgehead atoms. The van der Waals surface area contributed by atoms with Gasteiger partial charge >= 0.3 is 5.97 Å². The lowest BCUT2D eigenvalue weighted by Crippen LogP contribution is -2.43. The van der Waals surface area contributed by atoms with Crippen LogP contribution in [0.5, 0.6) is 0 Å². The van der Waals surface area contributed by atoms with E-state index in [1.54, 1.807) is 0 Å². The lowest BCUT2D eigenvalue weighted by Gasteiger charge is -2.17.